The van der Waals surface area contributed by atoms with Crippen molar-refractivity contribution in [1.82, 2.24) is 9.88 Å². The second-order valence-corrected chi connectivity index (χ2v) is 6.31. The van der Waals surface area contributed by atoms with Crippen LogP contribution in [0.5, 0.6) is 0 Å². The Morgan fingerprint density at radius 3 is 2.56 bits per heavy atom. The Hall–Kier alpha value is -2.60. The van der Waals surface area contributed by atoms with E-state index < -0.39 is 0 Å². The van der Waals surface area contributed by atoms with E-state index in [1.165, 1.54) is 0 Å². The van der Waals surface area contributed by atoms with Gasteiger partial charge in [-0.1, -0.05) is 6.07 Å². The van der Waals surface area contributed by atoms with Gasteiger partial charge in [0.05, 0.1) is 12.0 Å². The summed E-state index contributed by atoms with van der Waals surface area (Å²) in [5, 5.41) is 5.51. The standard InChI is InChI=1S/C19H23N3O3/c1-20-18(24)15-5-4-6-16(13-15)21-17(23)14-19(7-11-25-12-8-19)22-9-2-3-10-22/h2-6,9-10,13H,7-8,11-12,14H2,1H3,(H,20,24)(H,21,23). The summed E-state index contributed by atoms with van der Waals surface area (Å²) in [5.74, 6) is -0.242. The van der Waals surface area contributed by atoms with Gasteiger partial charge in [0, 0.05) is 43.9 Å². The third-order valence-electron chi connectivity index (χ3n) is 4.70. The number of amides is 2. The van der Waals surface area contributed by atoms with Crippen molar-refractivity contribution >= 4 is 17.5 Å². The average molecular weight is 341 g/mol. The van der Waals surface area contributed by atoms with Crippen molar-refractivity contribution in [2.75, 3.05) is 25.6 Å². The number of nitrogens with one attached hydrogen (secondary N) is 2. The van der Waals surface area contributed by atoms with Gasteiger partial charge in [-0.05, 0) is 43.2 Å². The normalized spacial score (nSPS) is 16.2. The first-order valence-electron chi connectivity index (χ1n) is 8.46. The van der Waals surface area contributed by atoms with Crippen molar-refractivity contribution in [3.8, 4) is 0 Å². The Bertz CT molecular complexity index is 734. The van der Waals surface area contributed by atoms with Gasteiger partial charge in [0.25, 0.3) is 5.91 Å². The van der Waals surface area contributed by atoms with Crippen LogP contribution >= 0.6 is 0 Å². The molecule has 0 spiro atoms. The van der Waals surface area contributed by atoms with E-state index in [4.69, 9.17) is 4.74 Å². The molecule has 1 aliphatic heterocycles. The van der Waals surface area contributed by atoms with Gasteiger partial charge in [-0.25, -0.2) is 0 Å². The lowest BCUT2D eigenvalue weighted by Crippen LogP contribution is -2.42. The Kier molecular flexibility index (Phi) is 5.19. The predicted octanol–water partition coefficient (Wildman–Crippen LogP) is 2.38. The first-order chi connectivity index (χ1) is 12.1. The molecule has 1 saturated heterocycles. The zero-order valence-corrected chi connectivity index (χ0v) is 14.3. The smallest absolute Gasteiger partial charge is 0.251 e. The molecule has 2 N–H and O–H groups in total. The van der Waals surface area contributed by atoms with Crippen LogP contribution in [-0.2, 0) is 15.1 Å². The molecule has 0 radical (unpaired) electrons. The summed E-state index contributed by atoms with van der Waals surface area (Å²) in [7, 11) is 1.58. The van der Waals surface area contributed by atoms with Gasteiger partial charge in [0.1, 0.15) is 0 Å². The maximum Gasteiger partial charge on any atom is 0.251 e. The summed E-state index contributed by atoms with van der Waals surface area (Å²) in [4.78, 5) is 24.4. The van der Waals surface area contributed by atoms with E-state index in [0.717, 1.165) is 12.8 Å². The van der Waals surface area contributed by atoms with Crippen molar-refractivity contribution in [2.24, 2.45) is 0 Å². The Labute approximate surface area is 147 Å². The number of benzene rings is 1. The average Bonchev–Trinajstić information content (AvgIpc) is 3.17. The molecule has 1 aliphatic rings. The van der Waals surface area contributed by atoms with Crippen LogP contribution in [-0.4, -0.2) is 36.6 Å². The van der Waals surface area contributed by atoms with Crippen LogP contribution < -0.4 is 10.6 Å². The second-order valence-electron chi connectivity index (χ2n) is 6.31. The molecule has 0 bridgehead atoms. The van der Waals surface area contributed by atoms with Crippen LogP contribution in [0.1, 0.15) is 29.6 Å². The lowest BCUT2D eigenvalue weighted by atomic mass is 9.86. The number of nitrogens with zero attached hydrogens (tertiary/aromatic N) is 1. The molecule has 0 aliphatic carbocycles. The first kappa shape index (κ1) is 17.2. The number of rotatable bonds is 5. The largest absolute Gasteiger partial charge is 0.381 e. The van der Waals surface area contributed by atoms with Crippen LogP contribution in [0.15, 0.2) is 48.8 Å². The molecule has 1 aromatic carbocycles. The van der Waals surface area contributed by atoms with Crippen LogP contribution in [0.25, 0.3) is 0 Å². The number of ether oxygens (including phenoxy) is 1. The fourth-order valence-corrected chi connectivity index (χ4v) is 3.31. The molecule has 6 heteroatoms. The molecule has 1 fully saturated rings. The van der Waals surface area contributed by atoms with Gasteiger partial charge < -0.3 is 19.9 Å². The summed E-state index contributed by atoms with van der Waals surface area (Å²) in [6, 6.07) is 10.9. The summed E-state index contributed by atoms with van der Waals surface area (Å²) >= 11 is 0. The molecular formula is C19H23N3O3. The highest BCUT2D eigenvalue weighted by atomic mass is 16.5. The zero-order chi connectivity index (χ0) is 17.7. The molecule has 0 saturated carbocycles. The number of aromatic nitrogens is 1. The van der Waals surface area contributed by atoms with E-state index in [0.29, 0.717) is 30.9 Å². The molecule has 1 aromatic heterocycles. The van der Waals surface area contributed by atoms with Gasteiger partial charge in [-0.15, -0.1) is 0 Å². The molecule has 2 aromatic rings. The second kappa shape index (κ2) is 7.53. The van der Waals surface area contributed by atoms with E-state index in [1.54, 1.807) is 31.3 Å². The quantitative estimate of drug-likeness (QED) is 0.877. The Morgan fingerprint density at radius 2 is 1.88 bits per heavy atom. The molecule has 2 amide bonds. The molecule has 2 heterocycles. The van der Waals surface area contributed by atoms with Gasteiger partial charge >= 0.3 is 0 Å². The van der Waals surface area contributed by atoms with E-state index >= 15 is 0 Å². The van der Waals surface area contributed by atoms with Gasteiger partial charge in [0.15, 0.2) is 0 Å². The minimum atomic E-state index is -0.260. The highest BCUT2D eigenvalue weighted by Crippen LogP contribution is 2.33. The molecule has 0 atom stereocenters. The lowest BCUT2D eigenvalue weighted by Gasteiger charge is -2.38. The maximum atomic E-state index is 12.7. The van der Waals surface area contributed by atoms with Crippen LogP contribution in [0.4, 0.5) is 5.69 Å². The van der Waals surface area contributed by atoms with Gasteiger partial charge in [-0.3, -0.25) is 9.59 Å². The highest BCUT2D eigenvalue weighted by Gasteiger charge is 2.36. The SMILES string of the molecule is CNC(=O)c1cccc(NC(=O)CC2(n3cccc3)CCOCC2)c1. The Balaban J connectivity index is 1.73. The number of anilines is 1. The lowest BCUT2D eigenvalue weighted by molar-refractivity contribution is -0.119. The predicted molar refractivity (Wildman–Crippen MR) is 95.5 cm³/mol. The minimum Gasteiger partial charge on any atom is -0.381 e. The fourth-order valence-electron chi connectivity index (χ4n) is 3.31. The molecule has 25 heavy (non-hydrogen) atoms. The summed E-state index contributed by atoms with van der Waals surface area (Å²) in [5.41, 5.74) is 0.886. The van der Waals surface area contributed by atoms with Crippen LogP contribution in [0.3, 0.4) is 0 Å². The van der Waals surface area contributed by atoms with Crippen LogP contribution in [0.2, 0.25) is 0 Å². The molecule has 132 valence electrons. The van der Waals surface area contributed by atoms with Crippen LogP contribution in [0, 0.1) is 0 Å². The van der Waals surface area contributed by atoms with Crippen molar-refractivity contribution in [2.45, 2.75) is 24.8 Å². The zero-order valence-electron chi connectivity index (χ0n) is 14.3. The van der Waals surface area contributed by atoms with Crippen molar-refractivity contribution in [1.29, 1.82) is 0 Å². The van der Waals surface area contributed by atoms with E-state index in [2.05, 4.69) is 15.2 Å². The topological polar surface area (TPSA) is 72.4 Å². The monoisotopic (exact) mass is 341 g/mol. The number of hydrogen-bond donors (Lipinski definition) is 2. The Morgan fingerprint density at radius 1 is 1.16 bits per heavy atom. The first-order valence-corrected chi connectivity index (χ1v) is 8.46. The highest BCUT2D eigenvalue weighted by molar-refractivity contribution is 5.97. The number of carbonyl (C=O) groups is 2. The van der Waals surface area contributed by atoms with Crippen molar-refractivity contribution in [3.05, 3.63) is 54.4 Å². The van der Waals surface area contributed by atoms with Crippen molar-refractivity contribution < 1.29 is 14.3 Å². The third kappa shape index (κ3) is 3.91. The number of hydrogen-bond acceptors (Lipinski definition) is 3. The maximum absolute atomic E-state index is 12.7. The fraction of sp³-hybridized carbons (Fsp3) is 0.368. The molecule has 0 unspecified atom stereocenters. The minimum absolute atomic E-state index is 0.0651. The third-order valence-corrected chi connectivity index (χ3v) is 4.70. The number of carbonyl (C=O) groups excluding carboxylic acids is 2. The summed E-state index contributed by atoms with van der Waals surface area (Å²) in [6.45, 7) is 1.30. The van der Waals surface area contributed by atoms with E-state index in [-0.39, 0.29) is 17.4 Å². The van der Waals surface area contributed by atoms with Gasteiger partial charge in [0.2, 0.25) is 5.91 Å². The summed E-state index contributed by atoms with van der Waals surface area (Å²) < 4.78 is 7.61. The summed E-state index contributed by atoms with van der Waals surface area (Å²) in [6.07, 6.45) is 5.98. The molecule has 6 nitrogen and oxygen atoms in total. The molecular weight excluding hydrogens is 318 g/mol. The van der Waals surface area contributed by atoms with E-state index in [1.807, 2.05) is 24.5 Å². The van der Waals surface area contributed by atoms with Gasteiger partial charge in [-0.2, -0.15) is 0 Å². The van der Waals surface area contributed by atoms with Crippen molar-refractivity contribution in [3.63, 3.8) is 0 Å². The van der Waals surface area contributed by atoms with E-state index in [9.17, 15) is 9.59 Å². The molecule has 3 rings (SSSR count).